The van der Waals surface area contributed by atoms with Crippen LogP contribution in [0.5, 0.6) is 28.7 Å². The van der Waals surface area contributed by atoms with Gasteiger partial charge in [0, 0.05) is 5.56 Å². The number of halogens is 2. The standard InChI is InChI=1S/C27H25F2NO7/c1-33-21-7-5-4-6-19(21)30-26(32)16-36-22-12-9-17(14-24(22)34-2)8-11-20(31)18-10-13-23(37-27(28)29)25(15-18)35-3/h4-15,27H,16H2,1-3H3,(H,30,32)/b11-8+. The van der Waals surface area contributed by atoms with Gasteiger partial charge in [0.1, 0.15) is 5.75 Å². The molecule has 0 unspecified atom stereocenters. The highest BCUT2D eigenvalue weighted by atomic mass is 19.3. The quantitative estimate of drug-likeness (QED) is 0.262. The lowest BCUT2D eigenvalue weighted by Gasteiger charge is -2.13. The first kappa shape index (κ1) is 27.0. The molecule has 0 aliphatic rings. The number of carbonyl (C=O) groups excluding carboxylic acids is 2. The van der Waals surface area contributed by atoms with Crippen molar-refractivity contribution in [3.63, 3.8) is 0 Å². The van der Waals surface area contributed by atoms with E-state index in [1.54, 1.807) is 48.5 Å². The number of hydrogen-bond acceptors (Lipinski definition) is 7. The zero-order chi connectivity index (χ0) is 26.8. The Bertz CT molecular complexity index is 1280. The summed E-state index contributed by atoms with van der Waals surface area (Å²) in [4.78, 5) is 24.9. The summed E-state index contributed by atoms with van der Waals surface area (Å²) in [6.07, 6.45) is 2.87. The molecule has 3 rings (SSSR count). The second-order valence-electron chi connectivity index (χ2n) is 7.39. The van der Waals surface area contributed by atoms with E-state index in [2.05, 4.69) is 10.1 Å². The van der Waals surface area contributed by atoms with Gasteiger partial charge in [0.25, 0.3) is 5.91 Å². The van der Waals surface area contributed by atoms with Gasteiger partial charge in [-0.05, 0) is 54.1 Å². The first-order chi connectivity index (χ1) is 17.8. The average molecular weight is 513 g/mol. The fraction of sp³-hybridized carbons (Fsp3) is 0.185. The van der Waals surface area contributed by atoms with E-state index < -0.39 is 6.61 Å². The summed E-state index contributed by atoms with van der Waals surface area (Å²) in [7, 11) is 4.25. The van der Waals surface area contributed by atoms with Crippen molar-refractivity contribution in [3.05, 3.63) is 77.9 Å². The minimum absolute atomic E-state index is 0.0115. The number of rotatable bonds is 12. The molecule has 0 heterocycles. The van der Waals surface area contributed by atoms with E-state index in [0.717, 1.165) is 0 Å². The lowest BCUT2D eigenvalue weighted by Crippen LogP contribution is -2.20. The normalized spacial score (nSPS) is 10.8. The summed E-state index contributed by atoms with van der Waals surface area (Å²) in [6, 6.07) is 15.8. The molecule has 3 aromatic carbocycles. The van der Waals surface area contributed by atoms with Crippen molar-refractivity contribution in [2.45, 2.75) is 6.61 Å². The van der Waals surface area contributed by atoms with Crippen LogP contribution in [0, 0.1) is 0 Å². The molecular formula is C27H25F2NO7. The van der Waals surface area contributed by atoms with Crippen LogP contribution in [0.1, 0.15) is 15.9 Å². The molecule has 0 saturated carbocycles. The lowest BCUT2D eigenvalue weighted by molar-refractivity contribution is -0.118. The van der Waals surface area contributed by atoms with E-state index in [1.807, 2.05) is 0 Å². The monoisotopic (exact) mass is 513 g/mol. The predicted molar refractivity (Wildman–Crippen MR) is 133 cm³/mol. The first-order valence-corrected chi connectivity index (χ1v) is 10.9. The lowest BCUT2D eigenvalue weighted by atomic mass is 10.1. The number of hydrogen-bond donors (Lipinski definition) is 1. The molecule has 1 amide bonds. The van der Waals surface area contributed by atoms with E-state index in [9.17, 15) is 18.4 Å². The van der Waals surface area contributed by atoms with Gasteiger partial charge < -0.3 is 29.0 Å². The summed E-state index contributed by atoms with van der Waals surface area (Å²) < 4.78 is 50.6. The molecule has 37 heavy (non-hydrogen) atoms. The number of allylic oxidation sites excluding steroid dienone is 1. The third-order valence-electron chi connectivity index (χ3n) is 5.02. The third-order valence-corrected chi connectivity index (χ3v) is 5.02. The Morgan fingerprint density at radius 3 is 2.22 bits per heavy atom. The Kier molecular flexibility index (Phi) is 9.42. The maximum Gasteiger partial charge on any atom is 0.387 e. The molecule has 0 bridgehead atoms. The molecule has 0 atom stereocenters. The van der Waals surface area contributed by atoms with Gasteiger partial charge in [-0.1, -0.05) is 24.3 Å². The van der Waals surface area contributed by atoms with Crippen molar-refractivity contribution in [1.82, 2.24) is 0 Å². The van der Waals surface area contributed by atoms with Gasteiger partial charge >= 0.3 is 6.61 Å². The zero-order valence-electron chi connectivity index (χ0n) is 20.3. The number of ether oxygens (including phenoxy) is 5. The molecule has 8 nitrogen and oxygen atoms in total. The zero-order valence-corrected chi connectivity index (χ0v) is 20.3. The Balaban J connectivity index is 1.65. The third kappa shape index (κ3) is 7.44. The largest absolute Gasteiger partial charge is 0.495 e. The van der Waals surface area contributed by atoms with Gasteiger partial charge in [0.2, 0.25) is 0 Å². The number of carbonyl (C=O) groups is 2. The van der Waals surface area contributed by atoms with Crippen LogP contribution < -0.4 is 29.0 Å². The predicted octanol–water partition coefficient (Wildman–Crippen LogP) is 5.23. The van der Waals surface area contributed by atoms with Crippen molar-refractivity contribution >= 4 is 23.5 Å². The van der Waals surface area contributed by atoms with E-state index >= 15 is 0 Å². The summed E-state index contributed by atoms with van der Waals surface area (Å²) in [5.74, 6) is 0.286. The molecule has 10 heteroatoms. The fourth-order valence-corrected chi connectivity index (χ4v) is 3.27. The summed E-state index contributed by atoms with van der Waals surface area (Å²) in [5, 5.41) is 2.72. The number of methoxy groups -OCH3 is 3. The number of para-hydroxylation sites is 2. The summed E-state index contributed by atoms with van der Waals surface area (Å²) in [6.45, 7) is -3.28. The molecular weight excluding hydrogens is 488 g/mol. The van der Waals surface area contributed by atoms with E-state index in [-0.39, 0.29) is 35.4 Å². The van der Waals surface area contributed by atoms with Crippen LogP contribution in [0.2, 0.25) is 0 Å². The van der Waals surface area contributed by atoms with Crippen LogP contribution in [-0.2, 0) is 4.79 Å². The molecule has 1 N–H and O–H groups in total. The highest BCUT2D eigenvalue weighted by Crippen LogP contribution is 2.31. The molecule has 0 saturated heterocycles. The molecule has 0 radical (unpaired) electrons. The van der Waals surface area contributed by atoms with Crippen LogP contribution in [0.25, 0.3) is 6.08 Å². The smallest absolute Gasteiger partial charge is 0.387 e. The summed E-state index contributed by atoms with van der Waals surface area (Å²) in [5.41, 5.74) is 1.37. The molecule has 0 spiro atoms. The molecule has 0 fully saturated rings. The highest BCUT2D eigenvalue weighted by molar-refractivity contribution is 6.07. The van der Waals surface area contributed by atoms with Crippen LogP contribution in [0.15, 0.2) is 66.7 Å². The van der Waals surface area contributed by atoms with Crippen molar-refractivity contribution < 1.29 is 42.1 Å². The number of amides is 1. The van der Waals surface area contributed by atoms with Crippen LogP contribution in [-0.4, -0.2) is 46.2 Å². The van der Waals surface area contributed by atoms with Gasteiger partial charge in [-0.3, -0.25) is 9.59 Å². The van der Waals surface area contributed by atoms with Gasteiger partial charge in [0.05, 0.1) is 27.0 Å². The average Bonchev–Trinajstić information content (AvgIpc) is 2.90. The second kappa shape index (κ2) is 12.9. The van der Waals surface area contributed by atoms with Gasteiger partial charge in [-0.15, -0.1) is 0 Å². The van der Waals surface area contributed by atoms with Crippen molar-refractivity contribution in [3.8, 4) is 28.7 Å². The van der Waals surface area contributed by atoms with Crippen molar-refractivity contribution in [2.24, 2.45) is 0 Å². The fourth-order valence-electron chi connectivity index (χ4n) is 3.27. The maximum absolute atomic E-state index is 12.6. The Hall–Kier alpha value is -4.60. The van der Waals surface area contributed by atoms with Crippen LogP contribution >= 0.6 is 0 Å². The molecule has 194 valence electrons. The van der Waals surface area contributed by atoms with Gasteiger partial charge in [-0.25, -0.2) is 0 Å². The van der Waals surface area contributed by atoms with Crippen LogP contribution in [0.4, 0.5) is 14.5 Å². The first-order valence-electron chi connectivity index (χ1n) is 10.9. The number of benzene rings is 3. The molecule has 0 aliphatic heterocycles. The number of anilines is 1. The molecule has 0 aromatic heterocycles. The summed E-state index contributed by atoms with van der Waals surface area (Å²) >= 11 is 0. The van der Waals surface area contributed by atoms with Crippen molar-refractivity contribution in [1.29, 1.82) is 0 Å². The maximum atomic E-state index is 12.6. The van der Waals surface area contributed by atoms with Gasteiger partial charge in [0.15, 0.2) is 35.4 Å². The van der Waals surface area contributed by atoms with E-state index in [4.69, 9.17) is 18.9 Å². The number of ketones is 1. The second-order valence-corrected chi connectivity index (χ2v) is 7.39. The van der Waals surface area contributed by atoms with Crippen molar-refractivity contribution in [2.75, 3.05) is 33.3 Å². The topological polar surface area (TPSA) is 92.3 Å². The Morgan fingerprint density at radius 2 is 1.51 bits per heavy atom. The minimum atomic E-state index is -3.01. The van der Waals surface area contributed by atoms with Gasteiger partial charge in [-0.2, -0.15) is 8.78 Å². The molecule has 0 aliphatic carbocycles. The number of nitrogens with one attached hydrogen (secondary N) is 1. The van der Waals surface area contributed by atoms with E-state index in [0.29, 0.717) is 28.5 Å². The Morgan fingerprint density at radius 1 is 0.838 bits per heavy atom. The Labute approximate surface area is 212 Å². The minimum Gasteiger partial charge on any atom is -0.495 e. The number of alkyl halides is 2. The highest BCUT2D eigenvalue weighted by Gasteiger charge is 2.14. The van der Waals surface area contributed by atoms with Crippen LogP contribution in [0.3, 0.4) is 0 Å². The van der Waals surface area contributed by atoms with E-state index in [1.165, 1.54) is 45.6 Å². The SMILES string of the molecule is COc1ccccc1NC(=O)COc1ccc(/C=C/C(=O)c2ccc(OC(F)F)c(OC)c2)cc1OC. The molecule has 3 aromatic rings.